The third-order valence-electron chi connectivity index (χ3n) is 6.30. The minimum absolute atomic E-state index is 0.0795. The van der Waals surface area contributed by atoms with Crippen molar-refractivity contribution >= 4 is 22.1 Å². The molecule has 1 rings (SSSR count). The molecule has 0 aromatic heterocycles. The van der Waals surface area contributed by atoms with Gasteiger partial charge in [0.15, 0.2) is 0 Å². The molecule has 0 atom stereocenters. The highest BCUT2D eigenvalue weighted by molar-refractivity contribution is 7.85. The molecule has 0 bridgehead atoms. The maximum absolute atomic E-state index is 12.7. The van der Waals surface area contributed by atoms with E-state index in [9.17, 15) is 22.6 Å². The van der Waals surface area contributed by atoms with Gasteiger partial charge in [-0.25, -0.2) is 9.59 Å². The number of benzene rings is 1. The molecule has 214 valence electrons. The molecule has 0 aliphatic carbocycles. The monoisotopic (exact) mass is 550 g/mol. The van der Waals surface area contributed by atoms with E-state index in [-0.39, 0.29) is 24.3 Å². The summed E-state index contributed by atoms with van der Waals surface area (Å²) in [5, 5.41) is 0. The maximum atomic E-state index is 12.7. The van der Waals surface area contributed by atoms with Gasteiger partial charge in [-0.3, -0.25) is 4.55 Å². The lowest BCUT2D eigenvalue weighted by atomic mass is 10.1. The summed E-state index contributed by atoms with van der Waals surface area (Å²) in [6.45, 7) is 7.81. The molecule has 1 aromatic rings. The molecule has 0 heterocycles. The number of carbonyl (C=O) groups excluding carboxylic acids is 2. The molecule has 1 N–H and O–H groups in total. The van der Waals surface area contributed by atoms with Crippen LogP contribution in [0.2, 0.25) is 0 Å². The van der Waals surface area contributed by atoms with Crippen molar-refractivity contribution in [2.45, 2.75) is 108 Å². The molecule has 0 aliphatic heterocycles. The van der Waals surface area contributed by atoms with Crippen LogP contribution in [0, 0.1) is 0 Å². The molecule has 7 nitrogen and oxygen atoms in total. The van der Waals surface area contributed by atoms with Gasteiger partial charge in [-0.2, -0.15) is 8.42 Å². The van der Waals surface area contributed by atoms with Crippen LogP contribution in [0.5, 0.6) is 0 Å². The van der Waals surface area contributed by atoms with Gasteiger partial charge in [0.05, 0.1) is 29.2 Å². The van der Waals surface area contributed by atoms with Gasteiger partial charge < -0.3 is 9.47 Å². The minimum atomic E-state index is -4.55. The minimum Gasteiger partial charge on any atom is -0.462 e. The lowest BCUT2D eigenvalue weighted by Gasteiger charge is -2.11. The summed E-state index contributed by atoms with van der Waals surface area (Å²) in [5.74, 6) is -1.54. The van der Waals surface area contributed by atoms with Crippen LogP contribution in [-0.2, 0) is 19.6 Å². The van der Waals surface area contributed by atoms with Crippen molar-refractivity contribution in [3.8, 4) is 0 Å². The predicted molar refractivity (Wildman–Crippen MR) is 151 cm³/mol. The summed E-state index contributed by atoms with van der Waals surface area (Å²) in [6, 6.07) is 3.21. The van der Waals surface area contributed by atoms with Crippen LogP contribution in [0.15, 0.2) is 48.4 Å². The van der Waals surface area contributed by atoms with Crippen LogP contribution in [0.4, 0.5) is 0 Å². The molecule has 0 amide bonds. The fourth-order valence-corrected chi connectivity index (χ4v) is 4.57. The zero-order valence-electron chi connectivity index (χ0n) is 22.8. The van der Waals surface area contributed by atoms with Crippen molar-refractivity contribution in [3.63, 3.8) is 0 Å². The second kappa shape index (κ2) is 20.5. The van der Waals surface area contributed by atoms with Crippen molar-refractivity contribution in [2.24, 2.45) is 0 Å². The van der Waals surface area contributed by atoms with Crippen molar-refractivity contribution in [3.05, 3.63) is 54.6 Å². The molecule has 0 fully saturated rings. The number of esters is 2. The van der Waals surface area contributed by atoms with E-state index in [0.717, 1.165) is 76.3 Å². The second-order valence-electron chi connectivity index (χ2n) is 9.56. The molecule has 8 heteroatoms. The van der Waals surface area contributed by atoms with Crippen LogP contribution >= 0.6 is 0 Å². The number of allylic oxidation sites excluding steroid dienone is 2. The van der Waals surface area contributed by atoms with E-state index in [1.807, 2.05) is 12.2 Å². The summed E-state index contributed by atoms with van der Waals surface area (Å²) in [7, 11) is -4.55. The smallest absolute Gasteiger partial charge is 0.339 e. The van der Waals surface area contributed by atoms with E-state index in [1.54, 1.807) is 0 Å². The number of ether oxygens (including phenoxy) is 2. The van der Waals surface area contributed by atoms with Crippen LogP contribution in [0.3, 0.4) is 0 Å². The Morgan fingerprint density at radius 2 is 1.05 bits per heavy atom. The lowest BCUT2D eigenvalue weighted by Crippen LogP contribution is -2.16. The standard InChI is InChI=1S/C30H46O7S/c1-3-5-7-9-11-13-15-17-19-23-36-29(31)27-22-21-26(38(33,34)35)25-28(27)30(32)37-24-20-18-16-14-12-10-8-6-4-2/h3-4,21-22,25H,1-2,5-20,23-24H2,(H,33,34,35). The summed E-state index contributed by atoms with van der Waals surface area (Å²) in [5.41, 5.74) is -0.309. The molecule has 1 aromatic carbocycles. The Bertz CT molecular complexity index is 953. The largest absolute Gasteiger partial charge is 0.462 e. The number of rotatable bonds is 23. The van der Waals surface area contributed by atoms with Gasteiger partial charge in [-0.1, -0.05) is 76.4 Å². The fraction of sp³-hybridized carbons (Fsp3) is 0.600. The number of carbonyl (C=O) groups is 2. The van der Waals surface area contributed by atoms with Crippen molar-refractivity contribution in [2.75, 3.05) is 13.2 Å². The van der Waals surface area contributed by atoms with Crippen LogP contribution < -0.4 is 0 Å². The first-order valence-corrected chi connectivity index (χ1v) is 15.4. The highest BCUT2D eigenvalue weighted by atomic mass is 32.2. The highest BCUT2D eigenvalue weighted by Gasteiger charge is 2.23. The van der Waals surface area contributed by atoms with E-state index in [4.69, 9.17) is 9.47 Å². The summed E-state index contributed by atoms with van der Waals surface area (Å²) in [6.07, 6.45) is 20.6. The molecule has 0 unspecified atom stereocenters. The zero-order valence-corrected chi connectivity index (χ0v) is 23.7. The Balaban J connectivity index is 2.51. The fourth-order valence-electron chi connectivity index (χ4n) is 4.07. The average molecular weight is 551 g/mol. The molecule has 0 spiro atoms. The summed E-state index contributed by atoms with van der Waals surface area (Å²) >= 11 is 0. The maximum Gasteiger partial charge on any atom is 0.339 e. The SMILES string of the molecule is C=CCCCCCCCCCOC(=O)c1ccc(S(=O)(=O)O)cc1C(=O)OCCCCCCCCCC=C. The molecule has 0 aliphatic rings. The quantitative estimate of drug-likeness (QED) is 0.0639. The second-order valence-corrected chi connectivity index (χ2v) is 11.0. The first-order chi connectivity index (χ1) is 18.3. The Labute approximate surface area is 229 Å². The molecule has 38 heavy (non-hydrogen) atoms. The van der Waals surface area contributed by atoms with E-state index in [2.05, 4.69) is 13.2 Å². The third kappa shape index (κ3) is 15.1. The zero-order chi connectivity index (χ0) is 28.1. The number of hydrogen-bond donors (Lipinski definition) is 1. The summed E-state index contributed by atoms with van der Waals surface area (Å²) in [4.78, 5) is 24.9. The van der Waals surface area contributed by atoms with Gasteiger partial charge in [0.2, 0.25) is 0 Å². The Morgan fingerprint density at radius 3 is 1.47 bits per heavy atom. The van der Waals surface area contributed by atoms with Crippen molar-refractivity contribution in [1.29, 1.82) is 0 Å². The number of unbranched alkanes of at least 4 members (excludes halogenated alkanes) is 14. The Kier molecular flexibility index (Phi) is 18.1. The van der Waals surface area contributed by atoms with Gasteiger partial charge in [0.25, 0.3) is 10.1 Å². The van der Waals surface area contributed by atoms with Crippen LogP contribution in [0.25, 0.3) is 0 Å². The van der Waals surface area contributed by atoms with Gasteiger partial charge in [0, 0.05) is 0 Å². The first-order valence-electron chi connectivity index (χ1n) is 14.0. The van der Waals surface area contributed by atoms with E-state index >= 15 is 0 Å². The van der Waals surface area contributed by atoms with Crippen molar-refractivity contribution in [1.82, 2.24) is 0 Å². The van der Waals surface area contributed by atoms with Gasteiger partial charge >= 0.3 is 11.9 Å². The molecule has 0 radical (unpaired) electrons. The molecule has 0 saturated heterocycles. The van der Waals surface area contributed by atoms with E-state index < -0.39 is 27.0 Å². The molecular formula is C30H46O7S. The lowest BCUT2D eigenvalue weighted by molar-refractivity contribution is 0.0450. The van der Waals surface area contributed by atoms with Gasteiger partial charge in [0.1, 0.15) is 0 Å². The Hall–Kier alpha value is -2.45. The third-order valence-corrected chi connectivity index (χ3v) is 7.15. The molecular weight excluding hydrogens is 504 g/mol. The van der Waals surface area contributed by atoms with E-state index in [0.29, 0.717) is 12.8 Å². The van der Waals surface area contributed by atoms with Gasteiger partial charge in [-0.05, 0) is 56.7 Å². The Morgan fingerprint density at radius 1 is 0.658 bits per heavy atom. The van der Waals surface area contributed by atoms with E-state index in [1.165, 1.54) is 31.7 Å². The summed E-state index contributed by atoms with van der Waals surface area (Å²) < 4.78 is 43.2. The van der Waals surface area contributed by atoms with Crippen LogP contribution in [0.1, 0.15) is 123 Å². The highest BCUT2D eigenvalue weighted by Crippen LogP contribution is 2.19. The number of hydrogen-bond acceptors (Lipinski definition) is 6. The topological polar surface area (TPSA) is 107 Å². The normalized spacial score (nSPS) is 11.2. The first kappa shape index (κ1) is 33.6. The van der Waals surface area contributed by atoms with Gasteiger partial charge in [-0.15, -0.1) is 13.2 Å². The van der Waals surface area contributed by atoms with Crippen LogP contribution in [-0.4, -0.2) is 38.1 Å². The predicted octanol–water partition coefficient (Wildman–Crippen LogP) is 7.86. The molecule has 0 saturated carbocycles. The average Bonchev–Trinajstić information content (AvgIpc) is 2.89. The van der Waals surface area contributed by atoms with Crippen molar-refractivity contribution < 1.29 is 32.0 Å².